The minimum Gasteiger partial charge on any atom is -0.493 e. The quantitative estimate of drug-likeness (QED) is 0.761. The second-order valence-electron chi connectivity index (χ2n) is 5.14. The van der Waals surface area contributed by atoms with Crippen LogP contribution < -0.4 is 14.8 Å². The van der Waals surface area contributed by atoms with Crippen LogP contribution in [0.15, 0.2) is 48.5 Å². The standard InChI is InChI=1S/C18H18N2O3/c1-22-16-8-7-12(9-17(16)23-2)11-19-18(21)15-10-13-5-3-4-6-14(13)20-15/h3-10,20H,11H2,1-2H3,(H,19,21). The Morgan fingerprint density at radius 1 is 1.04 bits per heavy atom. The number of fused-ring (bicyclic) bond motifs is 1. The number of benzene rings is 2. The summed E-state index contributed by atoms with van der Waals surface area (Å²) in [4.78, 5) is 15.4. The summed E-state index contributed by atoms with van der Waals surface area (Å²) >= 11 is 0. The molecule has 1 heterocycles. The number of amides is 1. The molecule has 0 aliphatic heterocycles. The number of carbonyl (C=O) groups excluding carboxylic acids is 1. The largest absolute Gasteiger partial charge is 0.493 e. The molecule has 3 rings (SSSR count). The van der Waals surface area contributed by atoms with Crippen molar-refractivity contribution >= 4 is 16.8 Å². The van der Waals surface area contributed by atoms with E-state index in [1.165, 1.54) is 0 Å². The van der Waals surface area contributed by atoms with Gasteiger partial charge in [0.15, 0.2) is 11.5 Å². The molecule has 0 fully saturated rings. The molecule has 2 aromatic carbocycles. The molecular formula is C18H18N2O3. The van der Waals surface area contributed by atoms with Crippen molar-refractivity contribution in [2.45, 2.75) is 6.54 Å². The maximum atomic E-state index is 12.3. The summed E-state index contributed by atoms with van der Waals surface area (Å²) < 4.78 is 10.5. The van der Waals surface area contributed by atoms with Gasteiger partial charge in [-0.25, -0.2) is 0 Å². The van der Waals surface area contributed by atoms with Gasteiger partial charge in [-0.2, -0.15) is 0 Å². The van der Waals surface area contributed by atoms with Crippen molar-refractivity contribution in [2.24, 2.45) is 0 Å². The van der Waals surface area contributed by atoms with Gasteiger partial charge in [0.2, 0.25) is 0 Å². The zero-order chi connectivity index (χ0) is 16.2. The number of hydrogen-bond donors (Lipinski definition) is 2. The summed E-state index contributed by atoms with van der Waals surface area (Å²) in [7, 11) is 3.18. The Hall–Kier alpha value is -2.95. The highest BCUT2D eigenvalue weighted by Crippen LogP contribution is 2.27. The molecule has 0 atom stereocenters. The molecule has 0 spiro atoms. The van der Waals surface area contributed by atoms with Crippen molar-refractivity contribution in [1.82, 2.24) is 10.3 Å². The van der Waals surface area contributed by atoms with Crippen LogP contribution in [0.1, 0.15) is 16.1 Å². The van der Waals surface area contributed by atoms with E-state index < -0.39 is 0 Å². The lowest BCUT2D eigenvalue weighted by atomic mass is 10.2. The van der Waals surface area contributed by atoms with E-state index in [2.05, 4.69) is 10.3 Å². The average Bonchev–Trinajstić information content (AvgIpc) is 3.03. The molecule has 0 saturated heterocycles. The molecule has 0 unspecified atom stereocenters. The van der Waals surface area contributed by atoms with Gasteiger partial charge in [0.05, 0.1) is 14.2 Å². The molecule has 0 saturated carbocycles. The monoisotopic (exact) mass is 310 g/mol. The zero-order valence-electron chi connectivity index (χ0n) is 13.1. The number of para-hydroxylation sites is 1. The van der Waals surface area contributed by atoms with Gasteiger partial charge in [0.1, 0.15) is 5.69 Å². The fraction of sp³-hybridized carbons (Fsp3) is 0.167. The van der Waals surface area contributed by atoms with Crippen molar-refractivity contribution in [1.29, 1.82) is 0 Å². The van der Waals surface area contributed by atoms with Gasteiger partial charge in [-0.05, 0) is 29.8 Å². The fourth-order valence-electron chi connectivity index (χ4n) is 2.46. The van der Waals surface area contributed by atoms with Crippen LogP contribution in [0.25, 0.3) is 10.9 Å². The van der Waals surface area contributed by atoms with E-state index in [0.29, 0.717) is 23.7 Å². The van der Waals surface area contributed by atoms with E-state index in [-0.39, 0.29) is 5.91 Å². The first-order valence-corrected chi connectivity index (χ1v) is 7.28. The smallest absolute Gasteiger partial charge is 0.267 e. The van der Waals surface area contributed by atoms with Crippen molar-refractivity contribution in [2.75, 3.05) is 14.2 Å². The van der Waals surface area contributed by atoms with E-state index in [0.717, 1.165) is 16.5 Å². The van der Waals surface area contributed by atoms with Gasteiger partial charge in [0.25, 0.3) is 5.91 Å². The molecule has 0 bridgehead atoms. The van der Waals surface area contributed by atoms with Crippen LogP contribution in [0.4, 0.5) is 0 Å². The first-order valence-electron chi connectivity index (χ1n) is 7.28. The van der Waals surface area contributed by atoms with Crippen LogP contribution in [0, 0.1) is 0 Å². The summed E-state index contributed by atoms with van der Waals surface area (Å²) in [6.07, 6.45) is 0. The van der Waals surface area contributed by atoms with Crippen LogP contribution in [0.2, 0.25) is 0 Å². The van der Waals surface area contributed by atoms with E-state index >= 15 is 0 Å². The van der Waals surface area contributed by atoms with E-state index in [4.69, 9.17) is 9.47 Å². The molecule has 3 aromatic rings. The number of carbonyl (C=O) groups is 1. The number of aromatic nitrogens is 1. The van der Waals surface area contributed by atoms with Gasteiger partial charge < -0.3 is 19.8 Å². The Labute approximate surface area is 134 Å². The van der Waals surface area contributed by atoms with Crippen LogP contribution in [0.5, 0.6) is 11.5 Å². The van der Waals surface area contributed by atoms with Crippen molar-refractivity contribution in [3.8, 4) is 11.5 Å². The summed E-state index contributed by atoms with van der Waals surface area (Å²) in [5.74, 6) is 1.17. The summed E-state index contributed by atoms with van der Waals surface area (Å²) in [5, 5.41) is 3.92. The van der Waals surface area contributed by atoms with Gasteiger partial charge >= 0.3 is 0 Å². The third-order valence-electron chi connectivity index (χ3n) is 3.68. The van der Waals surface area contributed by atoms with Crippen molar-refractivity contribution in [3.63, 3.8) is 0 Å². The number of ether oxygens (including phenoxy) is 2. The van der Waals surface area contributed by atoms with E-state index in [9.17, 15) is 4.79 Å². The van der Waals surface area contributed by atoms with Crippen molar-refractivity contribution in [3.05, 3.63) is 59.8 Å². The van der Waals surface area contributed by atoms with Crippen LogP contribution in [-0.4, -0.2) is 25.1 Å². The number of aromatic amines is 1. The minimum atomic E-state index is -0.143. The third-order valence-corrected chi connectivity index (χ3v) is 3.68. The molecule has 23 heavy (non-hydrogen) atoms. The lowest BCUT2D eigenvalue weighted by molar-refractivity contribution is 0.0946. The molecule has 1 aromatic heterocycles. The average molecular weight is 310 g/mol. The highest BCUT2D eigenvalue weighted by atomic mass is 16.5. The van der Waals surface area contributed by atoms with Crippen molar-refractivity contribution < 1.29 is 14.3 Å². The predicted octanol–water partition coefficient (Wildman–Crippen LogP) is 3.12. The maximum Gasteiger partial charge on any atom is 0.267 e. The highest BCUT2D eigenvalue weighted by molar-refractivity contribution is 5.97. The molecule has 1 amide bonds. The predicted molar refractivity (Wildman–Crippen MR) is 89.0 cm³/mol. The number of H-pyrrole nitrogens is 1. The van der Waals surface area contributed by atoms with Gasteiger partial charge in [-0.3, -0.25) is 4.79 Å². The summed E-state index contributed by atoms with van der Waals surface area (Å²) in [6, 6.07) is 15.2. The van der Waals surface area contributed by atoms with Gasteiger partial charge in [-0.1, -0.05) is 24.3 Å². The van der Waals surface area contributed by atoms with E-state index in [1.54, 1.807) is 14.2 Å². The minimum absolute atomic E-state index is 0.143. The van der Waals surface area contributed by atoms with Gasteiger partial charge in [0, 0.05) is 17.4 Å². The maximum absolute atomic E-state index is 12.3. The summed E-state index contributed by atoms with van der Waals surface area (Å²) in [6.45, 7) is 0.411. The Morgan fingerprint density at radius 2 is 1.83 bits per heavy atom. The van der Waals surface area contributed by atoms with Gasteiger partial charge in [-0.15, -0.1) is 0 Å². The Bertz CT molecular complexity index is 806. The Kier molecular flexibility index (Phi) is 4.19. The first kappa shape index (κ1) is 15.0. The number of rotatable bonds is 5. The zero-order valence-corrected chi connectivity index (χ0v) is 13.1. The fourth-order valence-corrected chi connectivity index (χ4v) is 2.46. The molecule has 5 nitrogen and oxygen atoms in total. The summed E-state index contributed by atoms with van der Waals surface area (Å²) in [5.41, 5.74) is 2.43. The number of methoxy groups -OCH3 is 2. The number of hydrogen-bond acceptors (Lipinski definition) is 3. The molecule has 118 valence electrons. The van der Waals surface area contributed by atoms with Crippen LogP contribution in [-0.2, 0) is 6.54 Å². The number of nitrogens with one attached hydrogen (secondary N) is 2. The third kappa shape index (κ3) is 3.13. The molecule has 0 aliphatic rings. The SMILES string of the molecule is COc1ccc(CNC(=O)c2cc3ccccc3[nH]2)cc1OC. The first-order chi connectivity index (χ1) is 11.2. The second kappa shape index (κ2) is 6.44. The molecule has 2 N–H and O–H groups in total. The van der Waals surface area contributed by atoms with E-state index in [1.807, 2.05) is 48.5 Å². The molecule has 5 heteroatoms. The molecule has 0 aliphatic carbocycles. The Morgan fingerprint density at radius 3 is 2.57 bits per heavy atom. The topological polar surface area (TPSA) is 63.3 Å². The van der Waals surface area contributed by atoms with Crippen LogP contribution in [0.3, 0.4) is 0 Å². The Balaban J connectivity index is 1.71. The second-order valence-corrected chi connectivity index (χ2v) is 5.14. The molecular weight excluding hydrogens is 292 g/mol. The van der Waals surface area contributed by atoms with Crippen LogP contribution >= 0.6 is 0 Å². The lowest BCUT2D eigenvalue weighted by Crippen LogP contribution is -2.23. The molecule has 0 radical (unpaired) electrons. The lowest BCUT2D eigenvalue weighted by Gasteiger charge is -2.10. The normalized spacial score (nSPS) is 10.5. The highest BCUT2D eigenvalue weighted by Gasteiger charge is 2.10.